The minimum Gasteiger partial charge on any atom is -0.485 e. The highest BCUT2D eigenvalue weighted by Gasteiger charge is 2.18. The lowest BCUT2D eigenvalue weighted by Gasteiger charge is -2.22. The third-order valence-corrected chi connectivity index (χ3v) is 4.57. The van der Waals surface area contributed by atoms with Crippen LogP contribution in [-0.4, -0.2) is 11.9 Å². The Labute approximate surface area is 147 Å². The van der Waals surface area contributed by atoms with Gasteiger partial charge in [0.15, 0.2) is 5.76 Å². The number of rotatable bonds is 5. The highest BCUT2D eigenvalue weighted by molar-refractivity contribution is 6.30. The Kier molecular flexibility index (Phi) is 5.46. The van der Waals surface area contributed by atoms with E-state index in [9.17, 15) is 4.79 Å². The molecule has 3 rings (SSSR count). The van der Waals surface area contributed by atoms with Crippen LogP contribution < -0.4 is 10.1 Å². The molecule has 0 aliphatic heterocycles. The number of ether oxygens (including phenoxy) is 1. The quantitative estimate of drug-likeness (QED) is 0.838. The average Bonchev–Trinajstić information content (AvgIpc) is 3.04. The van der Waals surface area contributed by atoms with Crippen LogP contribution in [0.2, 0.25) is 5.02 Å². The smallest absolute Gasteiger partial charge is 0.287 e. The van der Waals surface area contributed by atoms with Crippen LogP contribution in [0.5, 0.6) is 5.75 Å². The molecule has 0 spiro atoms. The molecule has 0 radical (unpaired) electrons. The number of aryl methyl sites for hydroxylation is 1. The molecule has 1 fully saturated rings. The molecule has 1 amide bonds. The van der Waals surface area contributed by atoms with Gasteiger partial charge in [-0.1, -0.05) is 30.9 Å². The monoisotopic (exact) mass is 347 g/mol. The number of amides is 1. The number of carbonyl (C=O) groups excluding carboxylic acids is 1. The van der Waals surface area contributed by atoms with Crippen molar-refractivity contribution in [2.24, 2.45) is 0 Å². The van der Waals surface area contributed by atoms with Gasteiger partial charge >= 0.3 is 0 Å². The standard InChI is InChI=1S/C19H22ClNO3/c1-13-11-14(20)7-9-17(13)23-12-16-8-10-18(24-16)19(22)21-15-5-3-2-4-6-15/h7-11,15H,2-6,12H2,1H3,(H,21,22). The summed E-state index contributed by atoms with van der Waals surface area (Å²) in [6, 6.07) is 9.22. The van der Waals surface area contributed by atoms with Crippen molar-refractivity contribution in [1.29, 1.82) is 0 Å². The van der Waals surface area contributed by atoms with Crippen molar-refractivity contribution in [3.8, 4) is 5.75 Å². The summed E-state index contributed by atoms with van der Waals surface area (Å²) in [6.07, 6.45) is 5.74. The number of hydrogen-bond donors (Lipinski definition) is 1. The molecule has 2 aromatic rings. The molecule has 128 valence electrons. The maximum Gasteiger partial charge on any atom is 0.287 e. The van der Waals surface area contributed by atoms with Crippen LogP contribution >= 0.6 is 11.6 Å². The summed E-state index contributed by atoms with van der Waals surface area (Å²) in [5.74, 6) is 1.57. The van der Waals surface area contributed by atoms with Crippen molar-refractivity contribution in [2.75, 3.05) is 0 Å². The predicted molar refractivity (Wildman–Crippen MR) is 93.6 cm³/mol. The molecule has 5 heteroatoms. The Balaban J connectivity index is 1.55. The Morgan fingerprint density at radius 3 is 2.79 bits per heavy atom. The molecule has 24 heavy (non-hydrogen) atoms. The van der Waals surface area contributed by atoms with Gasteiger partial charge in [0.2, 0.25) is 0 Å². The molecular weight excluding hydrogens is 326 g/mol. The van der Waals surface area contributed by atoms with E-state index in [1.807, 2.05) is 19.1 Å². The van der Waals surface area contributed by atoms with E-state index in [0.29, 0.717) is 16.5 Å². The number of carbonyl (C=O) groups is 1. The van der Waals surface area contributed by atoms with Crippen LogP contribution in [0.1, 0.15) is 54.0 Å². The zero-order valence-electron chi connectivity index (χ0n) is 13.8. The fourth-order valence-electron chi connectivity index (χ4n) is 3.00. The fourth-order valence-corrected chi connectivity index (χ4v) is 3.23. The van der Waals surface area contributed by atoms with Gasteiger partial charge in [0, 0.05) is 11.1 Å². The van der Waals surface area contributed by atoms with Gasteiger partial charge in [0.25, 0.3) is 5.91 Å². The first kappa shape index (κ1) is 16.9. The first-order valence-corrected chi connectivity index (χ1v) is 8.78. The lowest BCUT2D eigenvalue weighted by Crippen LogP contribution is -2.35. The second kappa shape index (κ2) is 7.75. The zero-order valence-corrected chi connectivity index (χ0v) is 14.6. The topological polar surface area (TPSA) is 51.5 Å². The number of nitrogens with one attached hydrogen (secondary N) is 1. The van der Waals surface area contributed by atoms with E-state index in [1.54, 1.807) is 18.2 Å². The van der Waals surface area contributed by atoms with Crippen LogP contribution in [0.4, 0.5) is 0 Å². The van der Waals surface area contributed by atoms with Crippen LogP contribution in [0.15, 0.2) is 34.7 Å². The normalized spacial score (nSPS) is 15.2. The van der Waals surface area contributed by atoms with Gasteiger partial charge in [-0.25, -0.2) is 0 Å². The molecule has 1 heterocycles. The summed E-state index contributed by atoms with van der Waals surface area (Å²) in [5.41, 5.74) is 0.962. The maximum atomic E-state index is 12.2. The van der Waals surface area contributed by atoms with Gasteiger partial charge in [-0.3, -0.25) is 4.79 Å². The number of furan rings is 1. The van der Waals surface area contributed by atoms with E-state index in [4.69, 9.17) is 20.8 Å². The van der Waals surface area contributed by atoms with Gasteiger partial charge < -0.3 is 14.5 Å². The number of benzene rings is 1. The highest BCUT2D eigenvalue weighted by atomic mass is 35.5. The molecule has 1 aliphatic rings. The Morgan fingerprint density at radius 2 is 2.04 bits per heavy atom. The summed E-state index contributed by atoms with van der Waals surface area (Å²) in [6.45, 7) is 2.21. The lowest BCUT2D eigenvalue weighted by atomic mass is 9.95. The minimum absolute atomic E-state index is 0.143. The van der Waals surface area contributed by atoms with Gasteiger partial charge in [0.05, 0.1) is 0 Å². The van der Waals surface area contributed by atoms with Crippen molar-refractivity contribution in [3.05, 3.63) is 52.4 Å². The zero-order chi connectivity index (χ0) is 16.9. The molecule has 1 aromatic carbocycles. The first-order chi connectivity index (χ1) is 11.6. The average molecular weight is 348 g/mol. The van der Waals surface area contributed by atoms with Gasteiger partial charge in [0.1, 0.15) is 18.1 Å². The summed E-state index contributed by atoms with van der Waals surface area (Å²) >= 11 is 5.93. The summed E-state index contributed by atoms with van der Waals surface area (Å²) < 4.78 is 11.3. The van der Waals surface area contributed by atoms with E-state index in [2.05, 4.69) is 5.32 Å². The Bertz CT molecular complexity index is 704. The van der Waals surface area contributed by atoms with Crippen molar-refractivity contribution in [2.45, 2.75) is 51.7 Å². The molecule has 1 aliphatic carbocycles. The van der Waals surface area contributed by atoms with Crippen molar-refractivity contribution >= 4 is 17.5 Å². The van der Waals surface area contributed by atoms with Crippen LogP contribution in [0.3, 0.4) is 0 Å². The van der Waals surface area contributed by atoms with Crippen molar-refractivity contribution in [1.82, 2.24) is 5.32 Å². The minimum atomic E-state index is -0.143. The Morgan fingerprint density at radius 1 is 1.25 bits per heavy atom. The van der Waals surface area contributed by atoms with Gasteiger partial charge in [-0.2, -0.15) is 0 Å². The molecule has 1 aromatic heterocycles. The van der Waals surface area contributed by atoms with Crippen LogP contribution in [0, 0.1) is 6.92 Å². The predicted octanol–water partition coefficient (Wildman–Crippen LogP) is 4.88. The van der Waals surface area contributed by atoms with E-state index in [1.165, 1.54) is 19.3 Å². The maximum absolute atomic E-state index is 12.2. The van der Waals surface area contributed by atoms with Crippen molar-refractivity contribution < 1.29 is 13.9 Å². The number of hydrogen-bond acceptors (Lipinski definition) is 3. The van der Waals surface area contributed by atoms with Crippen LogP contribution in [-0.2, 0) is 6.61 Å². The van der Waals surface area contributed by atoms with E-state index in [0.717, 1.165) is 24.2 Å². The molecule has 4 nitrogen and oxygen atoms in total. The molecule has 1 saturated carbocycles. The molecule has 0 saturated heterocycles. The summed E-state index contributed by atoms with van der Waals surface area (Å²) in [7, 11) is 0. The van der Waals surface area contributed by atoms with Crippen molar-refractivity contribution in [3.63, 3.8) is 0 Å². The molecule has 0 atom stereocenters. The molecular formula is C19H22ClNO3. The lowest BCUT2D eigenvalue weighted by molar-refractivity contribution is 0.0895. The molecule has 0 unspecified atom stereocenters. The van der Waals surface area contributed by atoms with Gasteiger partial charge in [-0.05, 0) is 55.7 Å². The van der Waals surface area contributed by atoms with Gasteiger partial charge in [-0.15, -0.1) is 0 Å². The second-order valence-corrected chi connectivity index (χ2v) is 6.71. The third-order valence-electron chi connectivity index (χ3n) is 4.33. The van der Waals surface area contributed by atoms with E-state index in [-0.39, 0.29) is 18.6 Å². The summed E-state index contributed by atoms with van der Waals surface area (Å²) in [4.78, 5) is 12.2. The fraction of sp³-hybridized carbons (Fsp3) is 0.421. The summed E-state index contributed by atoms with van der Waals surface area (Å²) in [5, 5.41) is 3.73. The second-order valence-electron chi connectivity index (χ2n) is 6.27. The van der Waals surface area contributed by atoms with Crippen LogP contribution in [0.25, 0.3) is 0 Å². The SMILES string of the molecule is Cc1cc(Cl)ccc1OCc1ccc(C(=O)NC2CCCCC2)o1. The number of halogens is 1. The first-order valence-electron chi connectivity index (χ1n) is 8.40. The van der Waals surface area contributed by atoms with E-state index < -0.39 is 0 Å². The van der Waals surface area contributed by atoms with E-state index >= 15 is 0 Å². The highest BCUT2D eigenvalue weighted by Crippen LogP contribution is 2.23. The Hall–Kier alpha value is -1.94. The molecule has 0 bridgehead atoms. The largest absolute Gasteiger partial charge is 0.485 e. The third kappa shape index (κ3) is 4.32. The molecule has 1 N–H and O–H groups in total.